The van der Waals surface area contributed by atoms with Crippen LogP contribution in [-0.2, 0) is 33.5 Å². The predicted octanol–water partition coefficient (Wildman–Crippen LogP) is 3.47. The second kappa shape index (κ2) is 7.05. The van der Waals surface area contributed by atoms with Crippen molar-refractivity contribution in [2.45, 2.75) is 17.9 Å². The molecule has 1 aromatic heterocycles. The number of benzene rings is 2. The van der Waals surface area contributed by atoms with Crippen molar-refractivity contribution in [3.05, 3.63) is 76.4 Å². The van der Waals surface area contributed by atoms with E-state index in [2.05, 4.69) is 10.4 Å². The Morgan fingerprint density at radius 3 is 2.73 bits per heavy atom. The Balaban J connectivity index is 1.68. The summed E-state index contributed by atoms with van der Waals surface area (Å²) < 4.78 is 13.6. The molecule has 1 aliphatic rings. The number of nitrogens with zero attached hydrogens (tertiary/aromatic N) is 2. The van der Waals surface area contributed by atoms with Gasteiger partial charge >= 0.3 is 0 Å². The number of hydrogen-bond donors (Lipinski definition) is 1. The van der Waals surface area contributed by atoms with Crippen LogP contribution in [0.15, 0.2) is 54.6 Å². The molecule has 0 spiro atoms. The first-order valence-electron chi connectivity index (χ1n) is 8.15. The number of aromatic nitrogens is 2. The van der Waals surface area contributed by atoms with Crippen molar-refractivity contribution in [2.24, 2.45) is 0 Å². The van der Waals surface area contributed by atoms with Crippen molar-refractivity contribution in [3.63, 3.8) is 0 Å². The summed E-state index contributed by atoms with van der Waals surface area (Å²) in [7, 11) is -0.974. The van der Waals surface area contributed by atoms with Crippen molar-refractivity contribution in [1.82, 2.24) is 9.78 Å². The summed E-state index contributed by atoms with van der Waals surface area (Å²) in [4.78, 5) is 12.6. The standard InChI is InChI=1S/C19H16ClN3O2S/c20-14-7-4-8-15(10-14)23-19(16-11-26(25)12-17(16)22-23)21-18(24)9-13-5-2-1-3-6-13/h1-8,10H,9,11-12H2,(H,21,24)/t26-/m1/s1. The summed E-state index contributed by atoms with van der Waals surface area (Å²) in [6.45, 7) is 0. The highest BCUT2D eigenvalue weighted by molar-refractivity contribution is 7.83. The Morgan fingerprint density at radius 2 is 1.96 bits per heavy atom. The second-order valence-electron chi connectivity index (χ2n) is 6.10. The van der Waals surface area contributed by atoms with Crippen molar-refractivity contribution >= 4 is 34.1 Å². The molecule has 7 heteroatoms. The number of fused-ring (bicyclic) bond motifs is 1. The second-order valence-corrected chi connectivity index (χ2v) is 8.00. The van der Waals surface area contributed by atoms with Gasteiger partial charge in [-0.15, -0.1) is 0 Å². The van der Waals surface area contributed by atoms with E-state index in [9.17, 15) is 9.00 Å². The maximum Gasteiger partial charge on any atom is 0.229 e. The van der Waals surface area contributed by atoms with Crippen molar-refractivity contribution in [3.8, 4) is 5.69 Å². The van der Waals surface area contributed by atoms with Crippen molar-refractivity contribution in [1.29, 1.82) is 0 Å². The van der Waals surface area contributed by atoms with E-state index in [4.69, 9.17) is 11.6 Å². The van der Waals surface area contributed by atoms with Gasteiger partial charge < -0.3 is 5.32 Å². The highest BCUT2D eigenvalue weighted by Gasteiger charge is 2.28. The average Bonchev–Trinajstić information content (AvgIpc) is 3.13. The lowest BCUT2D eigenvalue weighted by Crippen LogP contribution is -2.18. The molecule has 4 rings (SSSR count). The van der Waals surface area contributed by atoms with E-state index in [0.29, 0.717) is 22.3 Å². The molecule has 2 heterocycles. The Labute approximate surface area is 158 Å². The highest BCUT2D eigenvalue weighted by atomic mass is 35.5. The Morgan fingerprint density at radius 1 is 1.15 bits per heavy atom. The molecule has 0 saturated heterocycles. The number of hydrogen-bond acceptors (Lipinski definition) is 3. The highest BCUT2D eigenvalue weighted by Crippen LogP contribution is 2.31. The first kappa shape index (κ1) is 17.0. The van der Waals surface area contributed by atoms with Gasteiger partial charge in [0.25, 0.3) is 0 Å². The molecule has 1 aliphatic heterocycles. The van der Waals surface area contributed by atoms with Gasteiger partial charge in [0.1, 0.15) is 5.82 Å². The van der Waals surface area contributed by atoms with E-state index in [1.54, 1.807) is 16.8 Å². The molecule has 0 radical (unpaired) electrons. The molecule has 0 saturated carbocycles. The van der Waals surface area contributed by atoms with Crippen molar-refractivity contribution < 1.29 is 9.00 Å². The predicted molar refractivity (Wildman–Crippen MR) is 103 cm³/mol. The third-order valence-corrected chi connectivity index (χ3v) is 5.63. The maximum atomic E-state index is 12.6. The van der Waals surface area contributed by atoms with Crippen LogP contribution in [0.1, 0.15) is 16.8 Å². The van der Waals surface area contributed by atoms with Gasteiger partial charge in [-0.25, -0.2) is 4.68 Å². The fourth-order valence-corrected chi connectivity index (χ4v) is 4.46. The first-order valence-corrected chi connectivity index (χ1v) is 10.0. The molecule has 0 fully saturated rings. The molecule has 3 aromatic rings. The molecule has 1 amide bonds. The van der Waals surface area contributed by atoms with E-state index in [1.165, 1.54) is 0 Å². The summed E-state index contributed by atoms with van der Waals surface area (Å²) in [5, 5.41) is 8.11. The zero-order chi connectivity index (χ0) is 18.1. The minimum absolute atomic E-state index is 0.139. The number of carbonyl (C=O) groups is 1. The molecular weight excluding hydrogens is 370 g/mol. The van der Waals surface area contributed by atoms with Crippen LogP contribution in [0, 0.1) is 0 Å². The molecule has 0 unspecified atom stereocenters. The maximum absolute atomic E-state index is 12.6. The number of halogens is 1. The van der Waals surface area contributed by atoms with Gasteiger partial charge in [0.2, 0.25) is 5.91 Å². The summed E-state index contributed by atoms with van der Waals surface area (Å²) >= 11 is 6.10. The number of anilines is 1. The van der Waals surface area contributed by atoms with Gasteiger partial charge in [0.05, 0.1) is 29.3 Å². The van der Waals surface area contributed by atoms with Gasteiger partial charge in [-0.05, 0) is 23.8 Å². The number of amides is 1. The van der Waals surface area contributed by atoms with Gasteiger partial charge in [-0.1, -0.05) is 48.0 Å². The Bertz CT molecular complexity index is 1000. The molecule has 2 aromatic carbocycles. The van der Waals surface area contributed by atoms with Crippen LogP contribution >= 0.6 is 11.6 Å². The third-order valence-electron chi connectivity index (χ3n) is 4.19. The molecule has 132 valence electrons. The zero-order valence-electron chi connectivity index (χ0n) is 13.8. The number of nitrogens with one attached hydrogen (secondary N) is 1. The molecule has 0 bridgehead atoms. The third kappa shape index (κ3) is 3.43. The van der Waals surface area contributed by atoms with Crippen LogP contribution in [-0.4, -0.2) is 19.9 Å². The van der Waals surface area contributed by atoms with E-state index in [0.717, 1.165) is 22.5 Å². The van der Waals surface area contributed by atoms with Crippen LogP contribution in [0.3, 0.4) is 0 Å². The summed E-state index contributed by atoms with van der Waals surface area (Å²) in [6, 6.07) is 16.8. The quantitative estimate of drug-likeness (QED) is 0.747. The molecule has 0 aliphatic carbocycles. The topological polar surface area (TPSA) is 64.0 Å². The van der Waals surface area contributed by atoms with Crippen LogP contribution in [0.2, 0.25) is 5.02 Å². The lowest BCUT2D eigenvalue weighted by molar-refractivity contribution is -0.115. The molecule has 1 atom stereocenters. The van der Waals surface area contributed by atoms with Crippen LogP contribution in [0.4, 0.5) is 5.82 Å². The van der Waals surface area contributed by atoms with Crippen LogP contribution in [0.5, 0.6) is 0 Å². The fraction of sp³-hybridized carbons (Fsp3) is 0.158. The Hall–Kier alpha value is -2.44. The van der Waals surface area contributed by atoms with Crippen molar-refractivity contribution in [2.75, 3.05) is 5.32 Å². The van der Waals surface area contributed by atoms with Gasteiger partial charge in [-0.3, -0.25) is 9.00 Å². The fourth-order valence-electron chi connectivity index (χ4n) is 3.01. The monoisotopic (exact) mass is 385 g/mol. The van der Waals surface area contributed by atoms with E-state index in [1.807, 2.05) is 42.5 Å². The minimum Gasteiger partial charge on any atom is -0.310 e. The lowest BCUT2D eigenvalue weighted by atomic mass is 10.1. The number of carbonyl (C=O) groups excluding carboxylic acids is 1. The average molecular weight is 386 g/mol. The zero-order valence-corrected chi connectivity index (χ0v) is 15.4. The summed E-state index contributed by atoms with van der Waals surface area (Å²) in [6.07, 6.45) is 0.263. The Kier molecular flexibility index (Phi) is 4.61. The molecule has 1 N–H and O–H groups in total. The lowest BCUT2D eigenvalue weighted by Gasteiger charge is -2.11. The number of rotatable bonds is 4. The minimum atomic E-state index is -0.974. The molecule has 5 nitrogen and oxygen atoms in total. The molecular formula is C19H16ClN3O2S. The molecule has 26 heavy (non-hydrogen) atoms. The smallest absolute Gasteiger partial charge is 0.229 e. The van der Waals surface area contributed by atoms with E-state index < -0.39 is 10.8 Å². The van der Waals surface area contributed by atoms with Gasteiger partial charge in [0.15, 0.2) is 0 Å². The summed E-state index contributed by atoms with van der Waals surface area (Å²) in [5.41, 5.74) is 3.29. The normalized spacial score (nSPS) is 15.7. The largest absolute Gasteiger partial charge is 0.310 e. The summed E-state index contributed by atoms with van der Waals surface area (Å²) in [5.74, 6) is 1.25. The van der Waals surface area contributed by atoms with Crippen LogP contribution < -0.4 is 5.32 Å². The first-order chi connectivity index (χ1) is 12.6. The SMILES string of the molecule is O=C(Cc1ccccc1)Nc1c2c(nn1-c1cccc(Cl)c1)C[S@](=O)C2. The van der Waals surface area contributed by atoms with Gasteiger partial charge in [-0.2, -0.15) is 5.10 Å². The van der Waals surface area contributed by atoms with Crippen LogP contribution in [0.25, 0.3) is 5.69 Å². The van der Waals surface area contributed by atoms with E-state index in [-0.39, 0.29) is 12.3 Å². The van der Waals surface area contributed by atoms with E-state index >= 15 is 0 Å². The van der Waals surface area contributed by atoms with Gasteiger partial charge in [0, 0.05) is 21.4 Å².